The largest absolute Gasteiger partial charge is 0.472 e. The van der Waals surface area contributed by atoms with Crippen LogP contribution in [0.15, 0.2) is 48.6 Å². The van der Waals surface area contributed by atoms with Gasteiger partial charge in [-0.2, -0.15) is 0 Å². The molecular weight excluding hydrogens is 643 g/mol. The first-order valence-corrected chi connectivity index (χ1v) is 20.6. The van der Waals surface area contributed by atoms with Gasteiger partial charge >= 0.3 is 13.8 Å². The fourth-order valence-corrected chi connectivity index (χ4v) is 5.63. The minimum atomic E-state index is -4.51. The van der Waals surface area contributed by atoms with E-state index in [2.05, 4.69) is 62.5 Å². The molecule has 0 aliphatic carbocycles. The van der Waals surface area contributed by atoms with E-state index in [0.29, 0.717) is 13.0 Å². The molecule has 0 saturated heterocycles. The van der Waals surface area contributed by atoms with Crippen molar-refractivity contribution >= 4 is 13.8 Å². The summed E-state index contributed by atoms with van der Waals surface area (Å²) in [6.07, 6.45) is 37.8. The molecule has 286 valence electrons. The molecule has 3 N–H and O–H groups in total. The number of allylic oxidation sites excluding steroid dienone is 8. The maximum Gasteiger partial charge on any atom is 0.472 e. The summed E-state index contributed by atoms with van der Waals surface area (Å²) in [4.78, 5) is 22.5. The number of rotatable bonds is 36. The van der Waals surface area contributed by atoms with Gasteiger partial charge in [-0.1, -0.05) is 127 Å². The van der Waals surface area contributed by atoms with Gasteiger partial charge in [0.1, 0.15) is 12.2 Å². The van der Waals surface area contributed by atoms with E-state index >= 15 is 0 Å². The highest BCUT2D eigenvalue weighted by Crippen LogP contribution is 2.43. The number of hydrogen-bond donors (Lipinski definition) is 3. The second kappa shape index (κ2) is 36.2. The van der Waals surface area contributed by atoms with E-state index in [-0.39, 0.29) is 19.6 Å². The van der Waals surface area contributed by atoms with Crippen LogP contribution in [0.5, 0.6) is 0 Å². The van der Waals surface area contributed by atoms with Gasteiger partial charge < -0.3 is 24.6 Å². The van der Waals surface area contributed by atoms with Gasteiger partial charge in [-0.05, 0) is 64.2 Å². The molecule has 0 spiro atoms. The molecular formula is C39H71O9P. The molecule has 0 amide bonds. The highest BCUT2D eigenvalue weighted by molar-refractivity contribution is 7.47. The van der Waals surface area contributed by atoms with Crippen molar-refractivity contribution in [3.05, 3.63) is 48.6 Å². The Hall–Kier alpha value is -1.58. The second-order valence-corrected chi connectivity index (χ2v) is 14.0. The summed E-state index contributed by atoms with van der Waals surface area (Å²) < 4.78 is 33.2. The smallest absolute Gasteiger partial charge is 0.457 e. The van der Waals surface area contributed by atoms with Crippen LogP contribution in [-0.4, -0.2) is 66.3 Å². The molecule has 10 heteroatoms. The summed E-state index contributed by atoms with van der Waals surface area (Å²) in [6, 6.07) is 0. The van der Waals surface area contributed by atoms with E-state index in [0.717, 1.165) is 77.0 Å². The van der Waals surface area contributed by atoms with E-state index in [4.69, 9.17) is 23.6 Å². The highest BCUT2D eigenvalue weighted by atomic mass is 31.2. The summed E-state index contributed by atoms with van der Waals surface area (Å²) in [5.41, 5.74) is 0. The monoisotopic (exact) mass is 714 g/mol. The average Bonchev–Trinajstić information content (AvgIpc) is 3.09. The molecule has 0 saturated carbocycles. The zero-order chi connectivity index (χ0) is 36.1. The Labute approximate surface area is 298 Å². The molecule has 0 aromatic carbocycles. The lowest BCUT2D eigenvalue weighted by atomic mass is 10.1. The zero-order valence-corrected chi connectivity index (χ0v) is 31.8. The van der Waals surface area contributed by atoms with Crippen molar-refractivity contribution < 1.29 is 43.0 Å². The van der Waals surface area contributed by atoms with E-state index in [1.807, 2.05) is 0 Å². The highest BCUT2D eigenvalue weighted by Gasteiger charge is 2.26. The lowest BCUT2D eigenvalue weighted by molar-refractivity contribution is -0.154. The number of phosphoric ester groups is 1. The van der Waals surface area contributed by atoms with Gasteiger partial charge in [-0.15, -0.1) is 0 Å². The van der Waals surface area contributed by atoms with Crippen molar-refractivity contribution in [2.45, 2.75) is 161 Å². The number of carbonyl (C=O) groups excluding carboxylic acids is 1. The van der Waals surface area contributed by atoms with Crippen molar-refractivity contribution in [1.82, 2.24) is 0 Å². The fourth-order valence-electron chi connectivity index (χ4n) is 4.84. The molecule has 0 aliphatic heterocycles. The van der Waals surface area contributed by atoms with Crippen LogP contribution in [0.4, 0.5) is 0 Å². The van der Waals surface area contributed by atoms with E-state index in [9.17, 15) is 19.4 Å². The van der Waals surface area contributed by atoms with Crippen molar-refractivity contribution in [2.24, 2.45) is 0 Å². The first-order chi connectivity index (χ1) is 23.8. The molecule has 49 heavy (non-hydrogen) atoms. The quantitative estimate of drug-likeness (QED) is 0.0251. The van der Waals surface area contributed by atoms with Crippen LogP contribution in [0.1, 0.15) is 149 Å². The fraction of sp³-hybridized carbons (Fsp3) is 0.769. The van der Waals surface area contributed by atoms with Gasteiger partial charge in [0.05, 0.1) is 26.4 Å². The topological polar surface area (TPSA) is 132 Å². The summed E-state index contributed by atoms with van der Waals surface area (Å²) in [6.45, 7) is 3.30. The number of carbonyl (C=O) groups is 1. The summed E-state index contributed by atoms with van der Waals surface area (Å²) in [7, 11) is -4.51. The first kappa shape index (κ1) is 47.4. The summed E-state index contributed by atoms with van der Waals surface area (Å²) >= 11 is 0. The third kappa shape index (κ3) is 36.0. The summed E-state index contributed by atoms with van der Waals surface area (Å²) in [5.74, 6) is -0.398. The van der Waals surface area contributed by atoms with Crippen LogP contribution < -0.4 is 0 Å². The third-order valence-corrected chi connectivity index (χ3v) is 8.68. The molecule has 3 atom stereocenters. The molecule has 0 heterocycles. The van der Waals surface area contributed by atoms with E-state index in [1.54, 1.807) is 0 Å². The Bertz CT molecular complexity index is 903. The Balaban J connectivity index is 4.24. The SMILES string of the molecule is CC/C=C\C/C=C\C/C=C\CCCCCCCCCC(=O)OC(COCCCCCCCC/C=C\CCC)COP(=O)(O)OCC(O)CO. The van der Waals surface area contributed by atoms with E-state index in [1.165, 1.54) is 44.9 Å². The lowest BCUT2D eigenvalue weighted by Gasteiger charge is -2.20. The Morgan fingerprint density at radius 3 is 1.78 bits per heavy atom. The van der Waals surface area contributed by atoms with Gasteiger partial charge in [-0.3, -0.25) is 13.8 Å². The van der Waals surface area contributed by atoms with Gasteiger partial charge in [0.25, 0.3) is 0 Å². The van der Waals surface area contributed by atoms with E-state index < -0.39 is 39.2 Å². The lowest BCUT2D eigenvalue weighted by Crippen LogP contribution is -2.29. The van der Waals surface area contributed by atoms with Crippen molar-refractivity contribution in [2.75, 3.05) is 33.0 Å². The molecule has 0 bridgehead atoms. The predicted molar refractivity (Wildman–Crippen MR) is 200 cm³/mol. The van der Waals surface area contributed by atoms with Gasteiger partial charge in [-0.25, -0.2) is 4.57 Å². The normalized spacial score (nSPS) is 14.8. The molecule has 0 aromatic rings. The minimum Gasteiger partial charge on any atom is -0.457 e. The maximum absolute atomic E-state index is 12.6. The number of aliphatic hydroxyl groups is 2. The van der Waals surface area contributed by atoms with Crippen molar-refractivity contribution in [1.29, 1.82) is 0 Å². The molecule has 0 aromatic heterocycles. The molecule has 9 nitrogen and oxygen atoms in total. The first-order valence-electron chi connectivity index (χ1n) is 19.1. The molecule has 0 aliphatic rings. The number of phosphoric acid groups is 1. The van der Waals surface area contributed by atoms with Gasteiger partial charge in [0, 0.05) is 13.0 Å². The van der Waals surface area contributed by atoms with Crippen LogP contribution in [0.25, 0.3) is 0 Å². The van der Waals surface area contributed by atoms with Crippen LogP contribution in [0.2, 0.25) is 0 Å². The Morgan fingerprint density at radius 2 is 1.16 bits per heavy atom. The van der Waals surface area contributed by atoms with Gasteiger partial charge in [0.2, 0.25) is 0 Å². The second-order valence-electron chi connectivity index (χ2n) is 12.6. The number of ether oxygens (including phenoxy) is 2. The molecule has 3 unspecified atom stereocenters. The van der Waals surface area contributed by atoms with Crippen LogP contribution >= 0.6 is 7.82 Å². The summed E-state index contributed by atoms with van der Waals surface area (Å²) in [5, 5.41) is 18.3. The average molecular weight is 715 g/mol. The molecule has 0 rings (SSSR count). The minimum absolute atomic E-state index is 0.0393. The van der Waals surface area contributed by atoms with Crippen molar-refractivity contribution in [3.63, 3.8) is 0 Å². The molecule has 0 radical (unpaired) electrons. The molecule has 0 fully saturated rings. The van der Waals surface area contributed by atoms with Crippen molar-refractivity contribution in [3.8, 4) is 0 Å². The Morgan fingerprint density at radius 1 is 0.653 bits per heavy atom. The van der Waals surface area contributed by atoms with Gasteiger partial charge in [0.15, 0.2) is 0 Å². The standard InChI is InChI=1S/C39H71O9P/c1-3-5-7-9-11-13-15-16-17-18-19-20-21-23-25-27-29-31-39(42)48-38(36-47-49(43,44)46-34-37(41)33-40)35-45-32-30-28-26-24-22-14-12-10-8-6-4-2/h5,7-8,10-11,13,16-17,37-38,40-41H,3-4,6,9,12,14-15,18-36H2,1-2H3,(H,43,44)/b7-5-,10-8-,13-11-,17-16-. The number of esters is 1. The Kier molecular flexibility index (Phi) is 35.1. The maximum atomic E-state index is 12.6. The van der Waals surface area contributed by atoms with Crippen LogP contribution in [-0.2, 0) is 27.9 Å². The third-order valence-electron chi connectivity index (χ3n) is 7.73. The zero-order valence-electron chi connectivity index (χ0n) is 30.9. The number of hydrogen-bond acceptors (Lipinski definition) is 8. The number of unbranched alkanes of at least 4 members (excludes halogenated alkanes) is 14. The van der Waals surface area contributed by atoms with Crippen LogP contribution in [0.3, 0.4) is 0 Å². The number of aliphatic hydroxyl groups excluding tert-OH is 2. The predicted octanol–water partition coefficient (Wildman–Crippen LogP) is 9.86. The van der Waals surface area contributed by atoms with Crippen LogP contribution in [0, 0.1) is 0 Å².